The van der Waals surface area contributed by atoms with E-state index in [1.807, 2.05) is 31.2 Å². The number of carbonyl (C=O) groups is 1. The lowest BCUT2D eigenvalue weighted by Crippen LogP contribution is -2.01. The molecule has 0 aliphatic carbocycles. The van der Waals surface area contributed by atoms with Gasteiger partial charge in [0, 0.05) is 6.08 Å². The molecule has 0 unspecified atom stereocenters. The van der Waals surface area contributed by atoms with Gasteiger partial charge in [0.2, 0.25) is 5.82 Å². The molecule has 0 saturated heterocycles. The van der Waals surface area contributed by atoms with E-state index in [1.165, 1.54) is 6.08 Å². The number of carbonyl (C=O) groups excluding carboxylic acids is 1. The van der Waals surface area contributed by atoms with Crippen LogP contribution in [0.25, 0.3) is 17.5 Å². The molecule has 0 amide bonds. The maximum Gasteiger partial charge on any atom is 0.331 e. The van der Waals surface area contributed by atoms with Crippen LogP contribution in [0.1, 0.15) is 18.4 Å². The smallest absolute Gasteiger partial charge is 0.331 e. The van der Waals surface area contributed by atoms with Gasteiger partial charge in [0.15, 0.2) is 6.61 Å². The third-order valence-electron chi connectivity index (χ3n) is 3.59. The number of para-hydroxylation sites is 1. The molecule has 0 saturated carbocycles. The molecule has 0 bridgehead atoms. The van der Waals surface area contributed by atoms with Crippen LogP contribution in [0.2, 0.25) is 10.0 Å². The summed E-state index contributed by atoms with van der Waals surface area (Å²) in [5.74, 6) is 0.637. The van der Waals surface area contributed by atoms with Crippen molar-refractivity contribution in [3.63, 3.8) is 0 Å². The minimum absolute atomic E-state index is 0.144. The topological polar surface area (TPSA) is 74.5 Å². The van der Waals surface area contributed by atoms with Crippen molar-refractivity contribution in [2.24, 2.45) is 0 Å². The minimum Gasteiger partial charge on any atom is -0.493 e. The van der Waals surface area contributed by atoms with E-state index >= 15 is 0 Å². The Bertz CT molecular complexity index is 1000. The molecule has 1 heterocycles. The molecular formula is C20H16Cl2N2O4. The van der Waals surface area contributed by atoms with Gasteiger partial charge < -0.3 is 14.0 Å². The van der Waals surface area contributed by atoms with Crippen LogP contribution in [0, 0.1) is 0 Å². The van der Waals surface area contributed by atoms with Crippen molar-refractivity contribution in [3.8, 4) is 17.1 Å². The lowest BCUT2D eigenvalue weighted by atomic mass is 10.2. The standard InChI is InChI=1S/C20H16Cl2N2O4/c1-2-26-17-6-4-3-5-14(17)20-23-18(28-24-20)12-27-19(25)10-8-13-7-9-15(21)16(22)11-13/h3-11H,2,12H2,1H3/b10-8+. The molecule has 0 spiro atoms. The first-order valence-corrected chi connectivity index (χ1v) is 9.17. The van der Waals surface area contributed by atoms with E-state index in [9.17, 15) is 4.79 Å². The van der Waals surface area contributed by atoms with Crippen molar-refractivity contribution in [3.05, 3.63) is 70.0 Å². The monoisotopic (exact) mass is 418 g/mol. The van der Waals surface area contributed by atoms with E-state index in [2.05, 4.69) is 10.1 Å². The van der Waals surface area contributed by atoms with Gasteiger partial charge in [0.1, 0.15) is 5.75 Å². The fourth-order valence-electron chi connectivity index (χ4n) is 2.32. The van der Waals surface area contributed by atoms with Crippen molar-refractivity contribution in [2.75, 3.05) is 6.61 Å². The highest BCUT2D eigenvalue weighted by molar-refractivity contribution is 6.42. The Morgan fingerprint density at radius 3 is 2.79 bits per heavy atom. The van der Waals surface area contributed by atoms with Gasteiger partial charge >= 0.3 is 5.97 Å². The Hall–Kier alpha value is -2.83. The Kier molecular flexibility index (Phi) is 6.68. The molecular weight excluding hydrogens is 403 g/mol. The Morgan fingerprint density at radius 1 is 1.18 bits per heavy atom. The number of esters is 1. The van der Waals surface area contributed by atoms with E-state index in [0.717, 1.165) is 5.56 Å². The Morgan fingerprint density at radius 2 is 2.00 bits per heavy atom. The zero-order valence-electron chi connectivity index (χ0n) is 14.9. The van der Waals surface area contributed by atoms with Crippen LogP contribution in [0.3, 0.4) is 0 Å². The number of rotatable bonds is 7. The fourth-order valence-corrected chi connectivity index (χ4v) is 2.62. The summed E-state index contributed by atoms with van der Waals surface area (Å²) in [6.45, 7) is 2.27. The van der Waals surface area contributed by atoms with Gasteiger partial charge in [0.05, 0.1) is 22.2 Å². The van der Waals surface area contributed by atoms with Gasteiger partial charge in [-0.05, 0) is 42.8 Å². The normalized spacial score (nSPS) is 11.0. The van der Waals surface area contributed by atoms with Crippen LogP contribution in [-0.2, 0) is 16.1 Å². The predicted molar refractivity (Wildman–Crippen MR) is 106 cm³/mol. The molecule has 0 atom stereocenters. The first-order valence-electron chi connectivity index (χ1n) is 8.41. The number of aromatic nitrogens is 2. The zero-order valence-corrected chi connectivity index (χ0v) is 16.4. The molecule has 0 N–H and O–H groups in total. The molecule has 0 radical (unpaired) electrons. The molecule has 6 nitrogen and oxygen atoms in total. The van der Waals surface area contributed by atoms with Gasteiger partial charge in [-0.15, -0.1) is 0 Å². The number of hydrogen-bond acceptors (Lipinski definition) is 6. The number of nitrogens with zero attached hydrogens (tertiary/aromatic N) is 2. The van der Waals surface area contributed by atoms with Gasteiger partial charge in [-0.3, -0.25) is 0 Å². The highest BCUT2D eigenvalue weighted by Crippen LogP contribution is 2.27. The maximum atomic E-state index is 11.9. The summed E-state index contributed by atoms with van der Waals surface area (Å²) >= 11 is 11.8. The van der Waals surface area contributed by atoms with Crippen LogP contribution < -0.4 is 4.74 Å². The molecule has 28 heavy (non-hydrogen) atoms. The van der Waals surface area contributed by atoms with Crippen LogP contribution in [0.4, 0.5) is 0 Å². The lowest BCUT2D eigenvalue weighted by molar-refractivity contribution is -0.139. The van der Waals surface area contributed by atoms with Crippen LogP contribution in [0.15, 0.2) is 53.1 Å². The summed E-state index contributed by atoms with van der Waals surface area (Å²) in [4.78, 5) is 16.1. The van der Waals surface area contributed by atoms with Crippen molar-refractivity contribution in [2.45, 2.75) is 13.5 Å². The van der Waals surface area contributed by atoms with Gasteiger partial charge in [-0.1, -0.05) is 46.6 Å². The molecule has 3 rings (SSSR count). The number of halogens is 2. The van der Waals surface area contributed by atoms with Crippen molar-refractivity contribution < 1.29 is 18.8 Å². The SMILES string of the molecule is CCOc1ccccc1-c1noc(COC(=O)/C=C/c2ccc(Cl)c(Cl)c2)n1. The second-order valence-electron chi connectivity index (χ2n) is 5.56. The Labute approximate surface area is 171 Å². The summed E-state index contributed by atoms with van der Waals surface area (Å²) in [5, 5.41) is 4.77. The van der Waals surface area contributed by atoms with Crippen LogP contribution in [0.5, 0.6) is 5.75 Å². The fraction of sp³-hybridized carbons (Fsp3) is 0.150. The Balaban J connectivity index is 1.60. The molecule has 144 valence electrons. The van der Waals surface area contributed by atoms with Gasteiger partial charge in [0.25, 0.3) is 5.89 Å². The van der Waals surface area contributed by atoms with E-state index in [-0.39, 0.29) is 12.5 Å². The first kappa shape index (κ1) is 19.9. The van der Waals surface area contributed by atoms with Crippen LogP contribution >= 0.6 is 23.2 Å². The number of ether oxygens (including phenoxy) is 2. The largest absolute Gasteiger partial charge is 0.493 e. The molecule has 3 aromatic rings. The number of hydrogen-bond donors (Lipinski definition) is 0. The van der Waals surface area contributed by atoms with Gasteiger partial charge in [-0.25, -0.2) is 4.79 Å². The van der Waals surface area contributed by atoms with Crippen molar-refractivity contribution >= 4 is 35.2 Å². The third kappa shape index (κ3) is 5.12. The van der Waals surface area contributed by atoms with Gasteiger partial charge in [-0.2, -0.15) is 4.98 Å². The molecule has 2 aromatic carbocycles. The lowest BCUT2D eigenvalue weighted by Gasteiger charge is -2.05. The molecule has 0 fully saturated rings. The summed E-state index contributed by atoms with van der Waals surface area (Å²) in [5.41, 5.74) is 1.42. The number of benzene rings is 2. The average molecular weight is 419 g/mol. The quantitative estimate of drug-likeness (QED) is 0.387. The zero-order chi connectivity index (χ0) is 19.9. The predicted octanol–water partition coefficient (Wildman–Crippen LogP) is 5.20. The molecule has 0 aliphatic heterocycles. The highest BCUT2D eigenvalue weighted by atomic mass is 35.5. The van der Waals surface area contributed by atoms with E-state index in [4.69, 9.17) is 37.2 Å². The van der Waals surface area contributed by atoms with Crippen molar-refractivity contribution in [1.29, 1.82) is 0 Å². The van der Waals surface area contributed by atoms with Crippen molar-refractivity contribution in [1.82, 2.24) is 10.1 Å². The second kappa shape index (κ2) is 9.39. The molecule has 0 aliphatic rings. The second-order valence-corrected chi connectivity index (χ2v) is 6.37. The average Bonchev–Trinajstić information content (AvgIpc) is 3.17. The van der Waals surface area contributed by atoms with Crippen LogP contribution in [-0.4, -0.2) is 22.7 Å². The summed E-state index contributed by atoms with van der Waals surface area (Å²) in [7, 11) is 0. The minimum atomic E-state index is -0.555. The van der Waals surface area contributed by atoms with E-state index < -0.39 is 5.97 Å². The molecule has 8 heteroatoms. The summed E-state index contributed by atoms with van der Waals surface area (Å²) in [6.07, 6.45) is 2.85. The first-order chi connectivity index (χ1) is 13.6. The van der Waals surface area contributed by atoms with E-state index in [0.29, 0.717) is 33.8 Å². The van der Waals surface area contributed by atoms with E-state index in [1.54, 1.807) is 24.3 Å². The third-order valence-corrected chi connectivity index (χ3v) is 4.33. The maximum absolute atomic E-state index is 11.9. The highest BCUT2D eigenvalue weighted by Gasteiger charge is 2.14. The molecule has 1 aromatic heterocycles. The summed E-state index contributed by atoms with van der Waals surface area (Å²) < 4.78 is 15.8. The summed E-state index contributed by atoms with van der Waals surface area (Å²) in [6, 6.07) is 12.4.